The number of carbonyl (C=O) groups excluding carboxylic acids is 1. The van der Waals surface area contributed by atoms with Gasteiger partial charge in [-0.05, 0) is 54.8 Å². The maximum Gasteiger partial charge on any atom is 0.243 e. The monoisotopic (exact) mass is 427 g/mol. The number of para-hydroxylation sites is 1. The maximum absolute atomic E-state index is 12.9. The average molecular weight is 428 g/mol. The minimum absolute atomic E-state index is 0.0636. The van der Waals surface area contributed by atoms with E-state index in [0.717, 1.165) is 10.9 Å². The largest absolute Gasteiger partial charge is 0.497 e. The van der Waals surface area contributed by atoms with Gasteiger partial charge in [-0.3, -0.25) is 4.79 Å². The van der Waals surface area contributed by atoms with Gasteiger partial charge in [-0.2, -0.15) is 4.72 Å². The van der Waals surface area contributed by atoms with Crippen molar-refractivity contribution in [2.75, 3.05) is 12.4 Å². The topological polar surface area (TPSA) is 97.4 Å². The summed E-state index contributed by atoms with van der Waals surface area (Å²) >= 11 is 0. The quantitative estimate of drug-likeness (QED) is 0.573. The first-order valence-corrected chi connectivity index (χ1v) is 11.1. The molecule has 0 saturated heterocycles. The second-order valence-corrected chi connectivity index (χ2v) is 9.07. The lowest BCUT2D eigenvalue weighted by atomic mass is 10.0. The van der Waals surface area contributed by atoms with Gasteiger partial charge in [0.25, 0.3) is 0 Å². The summed E-state index contributed by atoms with van der Waals surface area (Å²) in [7, 11) is -2.38. The number of hydrogen-bond acceptors (Lipinski definition) is 5. The van der Waals surface area contributed by atoms with Crippen molar-refractivity contribution in [1.82, 2.24) is 9.71 Å². The van der Waals surface area contributed by atoms with Crippen molar-refractivity contribution in [2.45, 2.75) is 31.2 Å². The molecule has 3 aromatic rings. The first kappa shape index (κ1) is 21.7. The highest BCUT2D eigenvalue weighted by Crippen LogP contribution is 2.18. The number of pyridine rings is 1. The molecule has 7 nitrogen and oxygen atoms in total. The van der Waals surface area contributed by atoms with Gasteiger partial charge in [0.15, 0.2) is 0 Å². The molecule has 1 heterocycles. The van der Waals surface area contributed by atoms with E-state index in [0.29, 0.717) is 18.0 Å². The molecule has 0 aliphatic rings. The average Bonchev–Trinajstić information content (AvgIpc) is 2.72. The van der Waals surface area contributed by atoms with Crippen LogP contribution in [0, 0.1) is 5.92 Å². The molecule has 0 fully saturated rings. The molecule has 0 unspecified atom stereocenters. The summed E-state index contributed by atoms with van der Waals surface area (Å²) in [5.41, 5.74) is 0.745. The third-order valence-electron chi connectivity index (χ3n) is 4.54. The fourth-order valence-electron chi connectivity index (χ4n) is 3.04. The molecule has 2 N–H and O–H groups in total. The molecule has 2 aromatic carbocycles. The van der Waals surface area contributed by atoms with Gasteiger partial charge in [-0.15, -0.1) is 0 Å². The van der Waals surface area contributed by atoms with E-state index in [9.17, 15) is 13.2 Å². The van der Waals surface area contributed by atoms with Crippen LogP contribution >= 0.6 is 0 Å². The van der Waals surface area contributed by atoms with Crippen molar-refractivity contribution >= 4 is 32.7 Å². The Morgan fingerprint density at radius 3 is 2.40 bits per heavy atom. The highest BCUT2D eigenvalue weighted by molar-refractivity contribution is 7.89. The van der Waals surface area contributed by atoms with Crippen LogP contribution in [0.15, 0.2) is 65.6 Å². The SMILES string of the molecule is COc1ccc(S(=O)(=O)N[C@@H](CC(C)C)C(=O)Nc2ccc3ccccc3n2)cc1. The van der Waals surface area contributed by atoms with Gasteiger partial charge in [0.2, 0.25) is 15.9 Å². The van der Waals surface area contributed by atoms with Crippen LogP contribution in [0.3, 0.4) is 0 Å². The minimum Gasteiger partial charge on any atom is -0.497 e. The Kier molecular flexibility index (Phi) is 6.69. The van der Waals surface area contributed by atoms with Crippen LogP contribution in [0.5, 0.6) is 5.75 Å². The Labute approximate surface area is 176 Å². The summed E-state index contributed by atoms with van der Waals surface area (Å²) in [6.07, 6.45) is 0.342. The molecule has 0 aliphatic carbocycles. The standard InChI is InChI=1S/C22H25N3O4S/c1-15(2)14-20(25-30(27,28)18-11-9-17(29-3)10-12-18)22(26)24-21-13-8-16-6-4-5-7-19(16)23-21/h4-13,15,20,25H,14H2,1-3H3,(H,23,24,26)/t20-/m0/s1. The zero-order valence-electron chi connectivity index (χ0n) is 17.1. The Bertz CT molecular complexity index is 1130. The summed E-state index contributed by atoms with van der Waals surface area (Å²) in [6, 6.07) is 16.2. The van der Waals surface area contributed by atoms with E-state index >= 15 is 0 Å². The van der Waals surface area contributed by atoms with Gasteiger partial charge in [0.05, 0.1) is 17.5 Å². The molecule has 0 spiro atoms. The second-order valence-electron chi connectivity index (χ2n) is 7.36. The first-order valence-electron chi connectivity index (χ1n) is 9.61. The molecule has 3 rings (SSSR count). The van der Waals surface area contributed by atoms with Crippen molar-refractivity contribution in [2.24, 2.45) is 5.92 Å². The van der Waals surface area contributed by atoms with E-state index in [1.807, 2.05) is 44.2 Å². The molecule has 30 heavy (non-hydrogen) atoms. The highest BCUT2D eigenvalue weighted by Gasteiger charge is 2.27. The lowest BCUT2D eigenvalue weighted by Gasteiger charge is -2.20. The van der Waals surface area contributed by atoms with E-state index in [2.05, 4.69) is 15.0 Å². The molecule has 1 aromatic heterocycles. The molecular formula is C22H25N3O4S. The van der Waals surface area contributed by atoms with Crippen LogP contribution in [0.25, 0.3) is 10.9 Å². The number of anilines is 1. The summed E-state index contributed by atoms with van der Waals surface area (Å²) in [6.45, 7) is 3.85. The fourth-order valence-corrected chi connectivity index (χ4v) is 4.25. The predicted molar refractivity (Wildman–Crippen MR) is 117 cm³/mol. The van der Waals surface area contributed by atoms with Gasteiger partial charge in [0.1, 0.15) is 17.6 Å². The fraction of sp³-hybridized carbons (Fsp3) is 0.273. The molecule has 0 saturated carbocycles. The minimum atomic E-state index is -3.89. The Morgan fingerprint density at radius 1 is 1.03 bits per heavy atom. The lowest BCUT2D eigenvalue weighted by molar-refractivity contribution is -0.118. The molecule has 0 radical (unpaired) electrons. The van der Waals surface area contributed by atoms with Crippen molar-refractivity contribution in [3.63, 3.8) is 0 Å². The third-order valence-corrected chi connectivity index (χ3v) is 6.03. The summed E-state index contributed by atoms with van der Waals surface area (Å²) in [5.74, 6) is 0.566. The number of rotatable bonds is 8. The highest BCUT2D eigenvalue weighted by atomic mass is 32.2. The van der Waals surface area contributed by atoms with Crippen LogP contribution in [-0.2, 0) is 14.8 Å². The summed E-state index contributed by atoms with van der Waals surface area (Å²) in [5, 5.41) is 3.69. The normalized spacial score (nSPS) is 12.7. The maximum atomic E-state index is 12.9. The van der Waals surface area contributed by atoms with E-state index in [-0.39, 0.29) is 10.8 Å². The molecule has 1 atom stereocenters. The number of amides is 1. The van der Waals surface area contributed by atoms with Crippen molar-refractivity contribution < 1.29 is 17.9 Å². The van der Waals surface area contributed by atoms with Crippen LogP contribution < -0.4 is 14.8 Å². The number of sulfonamides is 1. The molecule has 1 amide bonds. The second kappa shape index (κ2) is 9.23. The first-order chi connectivity index (χ1) is 14.3. The van der Waals surface area contributed by atoms with Crippen LogP contribution in [0.1, 0.15) is 20.3 Å². The van der Waals surface area contributed by atoms with E-state index in [4.69, 9.17) is 4.74 Å². The lowest BCUT2D eigenvalue weighted by Crippen LogP contribution is -2.44. The number of ether oxygens (including phenoxy) is 1. The molecule has 0 aliphatic heterocycles. The van der Waals surface area contributed by atoms with Crippen molar-refractivity contribution in [3.05, 3.63) is 60.7 Å². The predicted octanol–water partition coefficient (Wildman–Crippen LogP) is 3.58. The van der Waals surface area contributed by atoms with Gasteiger partial charge in [-0.1, -0.05) is 32.0 Å². The Morgan fingerprint density at radius 2 is 1.73 bits per heavy atom. The van der Waals surface area contributed by atoms with Gasteiger partial charge in [-0.25, -0.2) is 13.4 Å². The van der Waals surface area contributed by atoms with Crippen LogP contribution in [0.2, 0.25) is 0 Å². The number of methoxy groups -OCH3 is 1. The molecule has 158 valence electrons. The smallest absolute Gasteiger partial charge is 0.243 e. The van der Waals surface area contributed by atoms with Crippen molar-refractivity contribution in [3.8, 4) is 5.75 Å². The summed E-state index contributed by atoms with van der Waals surface area (Å²) in [4.78, 5) is 17.4. The summed E-state index contributed by atoms with van der Waals surface area (Å²) < 4.78 is 33.2. The van der Waals surface area contributed by atoms with Gasteiger partial charge >= 0.3 is 0 Å². The zero-order chi connectivity index (χ0) is 21.7. The zero-order valence-corrected chi connectivity index (χ0v) is 17.9. The number of benzene rings is 2. The number of aromatic nitrogens is 1. The van der Waals surface area contributed by atoms with Gasteiger partial charge < -0.3 is 10.1 Å². The number of hydrogen-bond donors (Lipinski definition) is 2. The number of nitrogens with zero attached hydrogens (tertiary/aromatic N) is 1. The number of fused-ring (bicyclic) bond motifs is 1. The van der Waals surface area contributed by atoms with E-state index < -0.39 is 22.0 Å². The Hall–Kier alpha value is -2.97. The van der Waals surface area contributed by atoms with E-state index in [1.165, 1.54) is 19.2 Å². The van der Waals surface area contributed by atoms with Crippen LogP contribution in [-0.4, -0.2) is 32.5 Å². The molecule has 8 heteroatoms. The third kappa shape index (κ3) is 5.34. The Balaban J connectivity index is 1.80. The van der Waals surface area contributed by atoms with Crippen molar-refractivity contribution in [1.29, 1.82) is 0 Å². The molecular weight excluding hydrogens is 402 g/mol. The number of carbonyl (C=O) groups is 1. The number of nitrogens with one attached hydrogen (secondary N) is 2. The van der Waals surface area contributed by atoms with Crippen LogP contribution in [0.4, 0.5) is 5.82 Å². The van der Waals surface area contributed by atoms with Gasteiger partial charge in [0, 0.05) is 5.39 Å². The molecule has 0 bridgehead atoms. The van der Waals surface area contributed by atoms with E-state index in [1.54, 1.807) is 18.2 Å².